The predicted molar refractivity (Wildman–Crippen MR) is 170 cm³/mol. The molecule has 3 aromatic rings. The molecule has 0 unspecified atom stereocenters. The number of nitrogens with one attached hydrogen (secondary N) is 2. The second-order valence-electron chi connectivity index (χ2n) is 11.8. The van der Waals surface area contributed by atoms with Crippen molar-refractivity contribution in [1.29, 1.82) is 0 Å². The Morgan fingerprint density at radius 3 is 2.53 bits per heavy atom. The molecule has 1 saturated carbocycles. The second-order valence-corrected chi connectivity index (χ2v) is 14.6. The van der Waals surface area contributed by atoms with Crippen molar-refractivity contribution in [3.63, 3.8) is 0 Å². The number of rotatable bonds is 8. The monoisotopic (exact) mass is 640 g/mol. The topological polar surface area (TPSA) is 103 Å². The number of anilines is 1. The summed E-state index contributed by atoms with van der Waals surface area (Å²) in [6.07, 6.45) is 6.13. The smallest absolute Gasteiger partial charge is 0.256 e. The Morgan fingerprint density at radius 1 is 1.12 bits per heavy atom. The molecule has 0 spiro atoms. The van der Waals surface area contributed by atoms with E-state index in [1.807, 2.05) is 18.7 Å². The number of benzene rings is 2. The van der Waals surface area contributed by atoms with Gasteiger partial charge in [-0.2, -0.15) is 0 Å². The molecule has 1 aliphatic carbocycles. The molecule has 1 aromatic heterocycles. The molecule has 8 nitrogen and oxygen atoms in total. The third kappa shape index (κ3) is 5.76. The number of hydrogen-bond acceptors (Lipinski definition) is 5. The molecule has 11 heteroatoms. The summed E-state index contributed by atoms with van der Waals surface area (Å²) in [5.41, 5.74) is 4.39. The number of carbonyl (C=O) groups is 2. The van der Waals surface area contributed by atoms with Crippen molar-refractivity contribution in [2.45, 2.75) is 62.3 Å². The van der Waals surface area contributed by atoms with Crippen molar-refractivity contribution >= 4 is 62.2 Å². The number of aromatic amines is 1. The van der Waals surface area contributed by atoms with Gasteiger partial charge in [0.05, 0.1) is 21.8 Å². The number of nitrogens with zero attached hydrogens (tertiary/aromatic N) is 2. The normalized spacial score (nSPS) is 19.4. The van der Waals surface area contributed by atoms with Crippen LogP contribution in [0.15, 0.2) is 41.3 Å². The quantitative estimate of drug-likeness (QED) is 0.290. The molecular formula is C32H34Cl2N4O4S. The Hall–Kier alpha value is -3.11. The van der Waals surface area contributed by atoms with Crippen molar-refractivity contribution in [3.8, 4) is 0 Å². The summed E-state index contributed by atoms with van der Waals surface area (Å²) in [6.45, 7) is 5.36. The molecule has 2 aromatic carbocycles. The highest BCUT2D eigenvalue weighted by atomic mass is 35.5. The highest BCUT2D eigenvalue weighted by Crippen LogP contribution is 2.37. The molecule has 1 saturated heterocycles. The van der Waals surface area contributed by atoms with Gasteiger partial charge in [-0.3, -0.25) is 9.59 Å². The molecule has 43 heavy (non-hydrogen) atoms. The van der Waals surface area contributed by atoms with Crippen LogP contribution in [0.3, 0.4) is 0 Å². The van der Waals surface area contributed by atoms with E-state index >= 15 is 0 Å². The Balaban J connectivity index is 1.29. The van der Waals surface area contributed by atoms with E-state index in [9.17, 15) is 18.0 Å². The van der Waals surface area contributed by atoms with E-state index in [0.717, 1.165) is 37.2 Å². The third-order valence-electron chi connectivity index (χ3n) is 8.81. The number of fused-ring (bicyclic) bond motifs is 1. The van der Waals surface area contributed by atoms with E-state index < -0.39 is 9.84 Å². The third-order valence-corrected chi connectivity index (χ3v) is 11.2. The van der Waals surface area contributed by atoms with Crippen LogP contribution in [0.4, 0.5) is 5.69 Å². The summed E-state index contributed by atoms with van der Waals surface area (Å²) in [5, 5.41) is 3.37. The number of H-pyrrole nitrogens is 1. The minimum absolute atomic E-state index is 0.00508. The van der Waals surface area contributed by atoms with Gasteiger partial charge in [0.2, 0.25) is 0 Å². The number of likely N-dealkylation sites (N-methyl/N-ethyl adjacent to an activating group) is 1. The zero-order chi connectivity index (χ0) is 30.6. The van der Waals surface area contributed by atoms with Gasteiger partial charge in [-0.25, -0.2) is 8.42 Å². The Bertz CT molecular complexity index is 1760. The van der Waals surface area contributed by atoms with Gasteiger partial charge < -0.3 is 20.1 Å². The van der Waals surface area contributed by atoms with Gasteiger partial charge in [0.15, 0.2) is 9.84 Å². The minimum Gasteiger partial charge on any atom is -0.358 e. The Morgan fingerprint density at radius 2 is 1.84 bits per heavy atom. The standard InChI is InChI=1S/C32H34Cl2N4O4S/c1-18-29(35-19(2)30(18)32(40)38-13-5-6-21(38)16-37(3)20-9-10-20)15-24-23-14-22(11-12-28(23)36-31(24)39)43(41,42)17-25-26(33)7-4-8-27(25)34/h4,7-8,11-12,14-15,20-21,35H,5-6,9-10,13,16-17H2,1-3H3,(H,36,39)/b24-15-/t21-/m1/s1. The average molecular weight is 642 g/mol. The maximum atomic E-state index is 13.8. The van der Waals surface area contributed by atoms with E-state index in [1.165, 1.54) is 25.0 Å². The highest BCUT2D eigenvalue weighted by molar-refractivity contribution is 7.90. The van der Waals surface area contributed by atoms with Crippen LogP contribution in [0, 0.1) is 13.8 Å². The molecule has 0 bridgehead atoms. The molecule has 3 heterocycles. The molecule has 3 aliphatic rings. The number of likely N-dealkylation sites (tertiary alicyclic amines) is 1. The summed E-state index contributed by atoms with van der Waals surface area (Å²) in [7, 11) is -1.70. The van der Waals surface area contributed by atoms with Crippen molar-refractivity contribution in [2.75, 3.05) is 25.5 Å². The van der Waals surface area contributed by atoms with E-state index in [0.29, 0.717) is 39.7 Å². The van der Waals surface area contributed by atoms with Gasteiger partial charge >= 0.3 is 0 Å². The first-order valence-electron chi connectivity index (χ1n) is 14.5. The summed E-state index contributed by atoms with van der Waals surface area (Å²) >= 11 is 12.5. The number of halogens is 2. The van der Waals surface area contributed by atoms with Gasteiger partial charge in [-0.05, 0) is 88.5 Å². The zero-order valence-electron chi connectivity index (χ0n) is 24.3. The minimum atomic E-state index is -3.84. The molecule has 226 valence electrons. The fourth-order valence-electron chi connectivity index (χ4n) is 6.26. The van der Waals surface area contributed by atoms with Crippen LogP contribution in [0.2, 0.25) is 10.0 Å². The summed E-state index contributed by atoms with van der Waals surface area (Å²) in [4.78, 5) is 34.6. The fraction of sp³-hybridized carbons (Fsp3) is 0.375. The second kappa shape index (κ2) is 11.4. The first kappa shape index (κ1) is 29.9. The lowest BCUT2D eigenvalue weighted by molar-refractivity contribution is -0.110. The average Bonchev–Trinajstić information content (AvgIpc) is 3.55. The van der Waals surface area contributed by atoms with Gasteiger partial charge in [0.1, 0.15) is 0 Å². The molecule has 2 N–H and O–H groups in total. The Labute approximate surface area is 262 Å². The molecular weight excluding hydrogens is 607 g/mol. The zero-order valence-corrected chi connectivity index (χ0v) is 26.7. The van der Waals surface area contributed by atoms with Crippen molar-refractivity contribution < 1.29 is 18.0 Å². The molecule has 6 rings (SSSR count). The van der Waals surface area contributed by atoms with Gasteiger partial charge in [0.25, 0.3) is 11.8 Å². The summed E-state index contributed by atoms with van der Waals surface area (Å²) < 4.78 is 26.8. The molecule has 2 fully saturated rings. The molecule has 1 atom stereocenters. The number of sulfone groups is 1. The van der Waals surface area contributed by atoms with Crippen LogP contribution in [0.1, 0.15) is 64.1 Å². The van der Waals surface area contributed by atoms with Crippen LogP contribution in [0.5, 0.6) is 0 Å². The summed E-state index contributed by atoms with van der Waals surface area (Å²) in [5.74, 6) is -0.717. The van der Waals surface area contributed by atoms with Crippen molar-refractivity contribution in [3.05, 3.63) is 80.1 Å². The first-order chi connectivity index (χ1) is 20.4. The number of aryl methyl sites for hydroxylation is 1. The maximum absolute atomic E-state index is 13.8. The number of aromatic nitrogens is 1. The van der Waals surface area contributed by atoms with Gasteiger partial charge in [-0.1, -0.05) is 29.3 Å². The number of hydrogen-bond donors (Lipinski definition) is 2. The van der Waals surface area contributed by atoms with Gasteiger partial charge in [-0.15, -0.1) is 0 Å². The highest BCUT2D eigenvalue weighted by Gasteiger charge is 2.36. The van der Waals surface area contributed by atoms with Crippen LogP contribution >= 0.6 is 23.2 Å². The molecule has 2 amide bonds. The van der Waals surface area contributed by atoms with E-state index in [-0.39, 0.29) is 38.5 Å². The lowest BCUT2D eigenvalue weighted by Crippen LogP contribution is -2.43. The summed E-state index contributed by atoms with van der Waals surface area (Å²) in [6, 6.07) is 10.2. The lowest BCUT2D eigenvalue weighted by Gasteiger charge is -2.29. The SMILES string of the molecule is Cc1[nH]c(/C=C2\C(=O)Nc3ccc(S(=O)(=O)Cc4c(Cl)cccc4Cl)cc32)c(C)c1C(=O)N1CCC[C@@H]1CN(C)C1CC1. The number of carbonyl (C=O) groups excluding carboxylic acids is 2. The Kier molecular flexibility index (Phi) is 7.96. The molecule has 2 aliphatic heterocycles. The first-order valence-corrected chi connectivity index (χ1v) is 16.9. The number of amides is 2. The predicted octanol–water partition coefficient (Wildman–Crippen LogP) is 6.10. The fourth-order valence-corrected chi connectivity index (χ4v) is 8.38. The van der Waals surface area contributed by atoms with Crippen molar-refractivity contribution in [2.24, 2.45) is 0 Å². The van der Waals surface area contributed by atoms with Crippen LogP contribution in [-0.2, 0) is 20.4 Å². The van der Waals surface area contributed by atoms with Crippen LogP contribution < -0.4 is 5.32 Å². The lowest BCUT2D eigenvalue weighted by atomic mass is 10.0. The van der Waals surface area contributed by atoms with E-state index in [2.05, 4.69) is 22.2 Å². The largest absolute Gasteiger partial charge is 0.358 e. The van der Waals surface area contributed by atoms with Crippen molar-refractivity contribution in [1.82, 2.24) is 14.8 Å². The van der Waals surface area contributed by atoms with E-state index in [1.54, 1.807) is 30.3 Å². The van der Waals surface area contributed by atoms with Crippen LogP contribution in [-0.4, -0.2) is 67.2 Å². The maximum Gasteiger partial charge on any atom is 0.256 e. The van der Waals surface area contributed by atoms with E-state index in [4.69, 9.17) is 23.2 Å². The van der Waals surface area contributed by atoms with Crippen LogP contribution in [0.25, 0.3) is 11.6 Å². The van der Waals surface area contributed by atoms with Gasteiger partial charge in [0, 0.05) is 63.4 Å². The molecule has 0 radical (unpaired) electrons.